The van der Waals surface area contributed by atoms with Crippen molar-refractivity contribution in [2.45, 2.75) is 13.5 Å². The number of guanidine groups is 1. The van der Waals surface area contributed by atoms with Crippen molar-refractivity contribution in [3.05, 3.63) is 94.4 Å². The van der Waals surface area contributed by atoms with Gasteiger partial charge in [-0.1, -0.05) is 53.6 Å². The first-order valence-electron chi connectivity index (χ1n) is 9.34. The maximum Gasteiger partial charge on any atom is 0.345 e. The molecule has 0 spiro atoms. The summed E-state index contributed by atoms with van der Waals surface area (Å²) in [6.07, 6.45) is 4.53. The topological polar surface area (TPSA) is 109 Å². The SMILES string of the molecule is Cc1ccc(/C=N/N(C(=O)NCc2ccco2)/C(N)=N/N=C/c2ccc(Cl)cc2)cc1. The van der Waals surface area contributed by atoms with E-state index in [0.717, 1.165) is 21.7 Å². The van der Waals surface area contributed by atoms with E-state index in [-0.39, 0.29) is 12.5 Å². The van der Waals surface area contributed by atoms with Crippen molar-refractivity contribution < 1.29 is 9.21 Å². The van der Waals surface area contributed by atoms with Crippen LogP contribution in [0.3, 0.4) is 0 Å². The molecule has 0 aliphatic carbocycles. The highest BCUT2D eigenvalue weighted by atomic mass is 35.5. The number of furan rings is 1. The summed E-state index contributed by atoms with van der Waals surface area (Å²) in [4.78, 5) is 12.7. The van der Waals surface area contributed by atoms with Crippen LogP contribution in [0.25, 0.3) is 0 Å². The number of aryl methyl sites for hydroxylation is 1. The third-order valence-electron chi connectivity index (χ3n) is 4.04. The maximum absolute atomic E-state index is 12.7. The van der Waals surface area contributed by atoms with Crippen LogP contribution in [0.1, 0.15) is 22.5 Å². The molecule has 0 unspecified atom stereocenters. The number of urea groups is 1. The predicted molar refractivity (Wildman–Crippen MR) is 122 cm³/mol. The molecule has 2 aromatic carbocycles. The van der Waals surface area contributed by atoms with Gasteiger partial charge >= 0.3 is 6.03 Å². The van der Waals surface area contributed by atoms with Gasteiger partial charge in [0.2, 0.25) is 5.96 Å². The monoisotopic (exact) mass is 436 g/mol. The Kier molecular flexibility index (Phi) is 7.56. The molecule has 3 rings (SSSR count). The fourth-order valence-electron chi connectivity index (χ4n) is 2.39. The molecule has 0 aliphatic heterocycles. The van der Waals surface area contributed by atoms with Crippen LogP contribution in [0.15, 0.2) is 86.6 Å². The summed E-state index contributed by atoms with van der Waals surface area (Å²) in [6, 6.07) is 17.6. The fourth-order valence-corrected chi connectivity index (χ4v) is 2.52. The Bertz CT molecular complexity index is 1070. The molecule has 0 atom stereocenters. The number of carbonyl (C=O) groups excluding carboxylic acids is 1. The molecule has 2 amide bonds. The number of carbonyl (C=O) groups is 1. The van der Waals surface area contributed by atoms with Gasteiger partial charge < -0.3 is 15.5 Å². The van der Waals surface area contributed by atoms with Gasteiger partial charge in [-0.05, 0) is 42.3 Å². The molecular weight excluding hydrogens is 416 g/mol. The van der Waals surface area contributed by atoms with E-state index in [1.165, 1.54) is 18.7 Å². The second kappa shape index (κ2) is 10.7. The summed E-state index contributed by atoms with van der Waals surface area (Å²) >= 11 is 5.87. The molecule has 31 heavy (non-hydrogen) atoms. The molecule has 8 nitrogen and oxygen atoms in total. The van der Waals surface area contributed by atoms with Gasteiger partial charge in [0.15, 0.2) is 0 Å². The molecule has 158 valence electrons. The van der Waals surface area contributed by atoms with Crippen LogP contribution in [-0.2, 0) is 6.54 Å². The van der Waals surface area contributed by atoms with Gasteiger partial charge in [0.1, 0.15) is 5.76 Å². The molecule has 0 radical (unpaired) electrons. The predicted octanol–water partition coefficient (Wildman–Crippen LogP) is 4.14. The molecule has 0 saturated carbocycles. The number of rotatable bonds is 6. The maximum atomic E-state index is 12.7. The van der Waals surface area contributed by atoms with Crippen LogP contribution in [-0.4, -0.2) is 29.4 Å². The number of nitrogens with zero attached hydrogens (tertiary/aromatic N) is 4. The minimum atomic E-state index is -0.581. The van der Waals surface area contributed by atoms with E-state index in [1.807, 2.05) is 31.2 Å². The summed E-state index contributed by atoms with van der Waals surface area (Å²) in [7, 11) is 0. The van der Waals surface area contributed by atoms with Gasteiger partial charge in [-0.25, -0.2) is 4.79 Å². The standard InChI is InChI=1S/C22H21ClN6O2/c1-16-4-6-18(7-5-16)14-27-29(22(30)25-15-20-3-2-12-31-20)21(24)28-26-13-17-8-10-19(23)11-9-17/h2-14H,15H2,1H3,(H2,24,28)(H,25,30)/b26-13+,27-14+. The number of nitrogens with one attached hydrogen (secondary N) is 1. The Morgan fingerprint density at radius 2 is 1.77 bits per heavy atom. The Labute approximate surface area is 184 Å². The number of hydrazone groups is 1. The fraction of sp³-hybridized carbons (Fsp3) is 0.0909. The Balaban J connectivity index is 1.76. The number of benzene rings is 2. The molecule has 0 aliphatic rings. The number of halogens is 1. The van der Waals surface area contributed by atoms with Crippen molar-refractivity contribution >= 4 is 36.0 Å². The van der Waals surface area contributed by atoms with E-state index in [4.69, 9.17) is 21.8 Å². The third-order valence-corrected chi connectivity index (χ3v) is 4.29. The van der Waals surface area contributed by atoms with E-state index in [9.17, 15) is 4.79 Å². The molecule has 0 fully saturated rings. The number of nitrogens with two attached hydrogens (primary N) is 1. The molecule has 1 heterocycles. The first kappa shape index (κ1) is 21.8. The quantitative estimate of drug-likeness (QED) is 0.344. The van der Waals surface area contributed by atoms with E-state index < -0.39 is 6.03 Å². The van der Waals surface area contributed by atoms with E-state index in [2.05, 4.69) is 20.6 Å². The summed E-state index contributed by atoms with van der Waals surface area (Å²) in [5.41, 5.74) is 8.68. The van der Waals surface area contributed by atoms with Crippen LogP contribution < -0.4 is 11.1 Å². The van der Waals surface area contributed by atoms with Crippen molar-refractivity contribution in [2.24, 2.45) is 21.0 Å². The van der Waals surface area contributed by atoms with Crippen LogP contribution in [0.4, 0.5) is 4.79 Å². The van der Waals surface area contributed by atoms with E-state index in [1.54, 1.807) is 36.4 Å². The van der Waals surface area contributed by atoms with Gasteiger partial charge in [0.05, 0.1) is 25.2 Å². The van der Waals surface area contributed by atoms with Crippen LogP contribution in [0, 0.1) is 6.92 Å². The van der Waals surface area contributed by atoms with E-state index >= 15 is 0 Å². The molecule has 1 aromatic heterocycles. The minimum Gasteiger partial charge on any atom is -0.467 e. The van der Waals surface area contributed by atoms with Crippen molar-refractivity contribution in [1.29, 1.82) is 0 Å². The smallest absolute Gasteiger partial charge is 0.345 e. The first-order chi connectivity index (χ1) is 15.0. The largest absolute Gasteiger partial charge is 0.467 e. The minimum absolute atomic E-state index is 0.170. The van der Waals surface area contributed by atoms with Crippen LogP contribution in [0.2, 0.25) is 5.02 Å². The lowest BCUT2D eigenvalue weighted by Gasteiger charge is -2.15. The van der Waals surface area contributed by atoms with Crippen molar-refractivity contribution in [1.82, 2.24) is 10.3 Å². The zero-order valence-corrected chi connectivity index (χ0v) is 17.5. The Hall–Kier alpha value is -3.91. The first-order valence-corrected chi connectivity index (χ1v) is 9.72. The highest BCUT2D eigenvalue weighted by Crippen LogP contribution is 2.08. The van der Waals surface area contributed by atoms with Gasteiger partial charge in [-0.3, -0.25) is 0 Å². The molecule has 0 bridgehead atoms. The van der Waals surface area contributed by atoms with Gasteiger partial charge in [-0.2, -0.15) is 10.2 Å². The molecule has 0 saturated heterocycles. The number of amides is 2. The third kappa shape index (κ3) is 6.83. The second-order valence-electron chi connectivity index (χ2n) is 6.46. The normalized spacial score (nSPS) is 11.9. The lowest BCUT2D eigenvalue weighted by molar-refractivity contribution is 0.220. The highest BCUT2D eigenvalue weighted by molar-refractivity contribution is 6.30. The second-order valence-corrected chi connectivity index (χ2v) is 6.90. The molecule has 3 aromatic rings. The summed E-state index contributed by atoms with van der Waals surface area (Å²) in [6.45, 7) is 2.16. The van der Waals surface area contributed by atoms with Crippen molar-refractivity contribution in [3.63, 3.8) is 0 Å². The van der Waals surface area contributed by atoms with E-state index in [0.29, 0.717) is 10.8 Å². The lowest BCUT2D eigenvalue weighted by Crippen LogP contribution is -2.43. The lowest BCUT2D eigenvalue weighted by atomic mass is 10.2. The molecule has 9 heteroatoms. The summed E-state index contributed by atoms with van der Waals surface area (Å²) < 4.78 is 5.22. The molecular formula is C22H21ClN6O2. The van der Waals surface area contributed by atoms with Gasteiger partial charge in [-0.15, -0.1) is 10.1 Å². The van der Waals surface area contributed by atoms with Crippen LogP contribution >= 0.6 is 11.6 Å². The number of hydrogen-bond donors (Lipinski definition) is 2. The highest BCUT2D eigenvalue weighted by Gasteiger charge is 2.17. The summed E-state index contributed by atoms with van der Waals surface area (Å²) in [5.74, 6) is 0.387. The summed E-state index contributed by atoms with van der Waals surface area (Å²) in [5, 5.41) is 16.2. The Morgan fingerprint density at radius 1 is 1.10 bits per heavy atom. The van der Waals surface area contributed by atoms with Crippen molar-refractivity contribution in [2.75, 3.05) is 0 Å². The van der Waals surface area contributed by atoms with Gasteiger partial charge in [0, 0.05) is 5.02 Å². The zero-order chi connectivity index (χ0) is 22.1. The van der Waals surface area contributed by atoms with Crippen LogP contribution in [0.5, 0.6) is 0 Å². The zero-order valence-electron chi connectivity index (χ0n) is 16.8. The van der Waals surface area contributed by atoms with Gasteiger partial charge in [0.25, 0.3) is 0 Å². The average Bonchev–Trinajstić information content (AvgIpc) is 3.29. The average molecular weight is 437 g/mol. The van der Waals surface area contributed by atoms with Crippen molar-refractivity contribution in [3.8, 4) is 0 Å². The number of hydrogen-bond acceptors (Lipinski definition) is 5. The Morgan fingerprint density at radius 3 is 2.45 bits per heavy atom. The molecule has 3 N–H and O–H groups in total.